The number of amides is 1. The molecule has 0 fully saturated rings. The van der Waals surface area contributed by atoms with Crippen LogP contribution in [0.5, 0.6) is 5.75 Å². The molecule has 0 saturated carbocycles. The third-order valence-corrected chi connectivity index (χ3v) is 2.76. The highest BCUT2D eigenvalue weighted by atomic mass is 16.6. The van der Waals surface area contributed by atoms with E-state index in [1.165, 1.54) is 39.3 Å². The standard InChI is InChI=1S/C13H16N2O6/c1-8(16)14-11(13(17)21-3)7-9-6-10(15(18)19)4-5-12(9)20-2/h4-6,11H,7H2,1-3H3,(H,14,16)/t11-/m1/s1. The summed E-state index contributed by atoms with van der Waals surface area (Å²) in [6.45, 7) is 1.26. The number of benzene rings is 1. The molecule has 0 bridgehead atoms. The van der Waals surface area contributed by atoms with Gasteiger partial charge in [-0.25, -0.2) is 4.79 Å². The van der Waals surface area contributed by atoms with E-state index in [0.717, 1.165) is 0 Å². The van der Waals surface area contributed by atoms with Crippen LogP contribution in [0.25, 0.3) is 0 Å². The van der Waals surface area contributed by atoms with Crippen molar-refractivity contribution in [1.29, 1.82) is 0 Å². The normalized spacial score (nSPS) is 11.4. The predicted octanol–water partition coefficient (Wildman–Crippen LogP) is 0.824. The second-order valence-corrected chi connectivity index (χ2v) is 4.23. The van der Waals surface area contributed by atoms with Crippen molar-refractivity contribution in [2.24, 2.45) is 0 Å². The van der Waals surface area contributed by atoms with Gasteiger partial charge in [0.2, 0.25) is 5.91 Å². The van der Waals surface area contributed by atoms with E-state index in [9.17, 15) is 19.7 Å². The molecule has 0 saturated heterocycles. The summed E-state index contributed by atoms with van der Waals surface area (Å²) in [5.74, 6) is -0.659. The molecule has 0 unspecified atom stereocenters. The number of nitro benzene ring substituents is 1. The number of esters is 1. The van der Waals surface area contributed by atoms with E-state index in [-0.39, 0.29) is 12.1 Å². The zero-order chi connectivity index (χ0) is 16.0. The van der Waals surface area contributed by atoms with Crippen LogP contribution in [0.15, 0.2) is 18.2 Å². The fourth-order valence-electron chi connectivity index (χ4n) is 1.84. The molecule has 0 aliphatic carbocycles. The van der Waals surface area contributed by atoms with Gasteiger partial charge in [0.1, 0.15) is 11.8 Å². The van der Waals surface area contributed by atoms with Crippen LogP contribution in [0.2, 0.25) is 0 Å². The van der Waals surface area contributed by atoms with Crippen molar-refractivity contribution in [2.45, 2.75) is 19.4 Å². The molecule has 8 nitrogen and oxygen atoms in total. The lowest BCUT2D eigenvalue weighted by atomic mass is 10.0. The van der Waals surface area contributed by atoms with Gasteiger partial charge in [0, 0.05) is 31.0 Å². The van der Waals surface area contributed by atoms with E-state index in [0.29, 0.717) is 11.3 Å². The van der Waals surface area contributed by atoms with Gasteiger partial charge in [-0.05, 0) is 6.07 Å². The minimum Gasteiger partial charge on any atom is -0.496 e. The van der Waals surface area contributed by atoms with E-state index < -0.39 is 22.8 Å². The minimum atomic E-state index is -0.941. The Morgan fingerprint density at radius 3 is 2.52 bits per heavy atom. The van der Waals surface area contributed by atoms with Crippen LogP contribution in [0.4, 0.5) is 5.69 Å². The first-order valence-electron chi connectivity index (χ1n) is 6.05. The van der Waals surface area contributed by atoms with Crippen LogP contribution in [0, 0.1) is 10.1 Å². The molecule has 0 radical (unpaired) electrons. The molecule has 1 aromatic rings. The van der Waals surface area contributed by atoms with Gasteiger partial charge in [0.15, 0.2) is 0 Å². The number of nitro groups is 1. The Morgan fingerprint density at radius 1 is 1.38 bits per heavy atom. The monoisotopic (exact) mass is 296 g/mol. The summed E-state index contributed by atoms with van der Waals surface area (Å²) in [6, 6.07) is 3.10. The number of non-ortho nitro benzene ring substituents is 1. The van der Waals surface area contributed by atoms with Crippen molar-refractivity contribution < 1.29 is 24.0 Å². The topological polar surface area (TPSA) is 108 Å². The summed E-state index contributed by atoms with van der Waals surface area (Å²) in [6.07, 6.45) is 0.0249. The van der Waals surface area contributed by atoms with Crippen LogP contribution in [0.1, 0.15) is 12.5 Å². The van der Waals surface area contributed by atoms with Crippen molar-refractivity contribution in [2.75, 3.05) is 14.2 Å². The maximum Gasteiger partial charge on any atom is 0.328 e. The SMILES string of the molecule is COC(=O)[C@@H](Cc1cc([N+](=O)[O-])ccc1OC)NC(C)=O. The Labute approximate surface area is 121 Å². The summed E-state index contributed by atoms with van der Waals surface area (Å²) in [4.78, 5) is 33.1. The molecule has 1 rings (SSSR count). The number of carbonyl (C=O) groups is 2. The molecule has 1 N–H and O–H groups in total. The third kappa shape index (κ3) is 4.44. The molecular formula is C13H16N2O6. The van der Waals surface area contributed by atoms with E-state index in [4.69, 9.17) is 4.74 Å². The summed E-state index contributed by atoms with van der Waals surface area (Å²) in [5, 5.41) is 13.2. The van der Waals surface area contributed by atoms with Gasteiger partial charge in [0.05, 0.1) is 19.1 Å². The first-order chi connectivity index (χ1) is 9.88. The average Bonchev–Trinajstić information content (AvgIpc) is 2.45. The summed E-state index contributed by atoms with van der Waals surface area (Å²) in [5.41, 5.74) is 0.299. The van der Waals surface area contributed by atoms with Gasteiger partial charge in [0.25, 0.3) is 5.69 Å². The highest BCUT2D eigenvalue weighted by Gasteiger charge is 2.23. The Kier molecular flexibility index (Phi) is 5.65. The molecule has 8 heteroatoms. The van der Waals surface area contributed by atoms with Crippen molar-refractivity contribution >= 4 is 17.6 Å². The molecule has 1 amide bonds. The Hall–Kier alpha value is -2.64. The van der Waals surface area contributed by atoms with Crippen LogP contribution in [0.3, 0.4) is 0 Å². The van der Waals surface area contributed by atoms with E-state index in [1.54, 1.807) is 0 Å². The third-order valence-electron chi connectivity index (χ3n) is 2.76. The second kappa shape index (κ2) is 7.22. The fraction of sp³-hybridized carbons (Fsp3) is 0.385. The highest BCUT2D eigenvalue weighted by molar-refractivity contribution is 5.83. The zero-order valence-electron chi connectivity index (χ0n) is 11.9. The molecule has 0 aliphatic rings. The number of carbonyl (C=O) groups excluding carboxylic acids is 2. The lowest BCUT2D eigenvalue weighted by Crippen LogP contribution is -2.42. The van der Waals surface area contributed by atoms with E-state index >= 15 is 0 Å². The number of nitrogens with one attached hydrogen (secondary N) is 1. The van der Waals surface area contributed by atoms with Gasteiger partial charge in [-0.15, -0.1) is 0 Å². The fourth-order valence-corrected chi connectivity index (χ4v) is 1.84. The van der Waals surface area contributed by atoms with Crippen LogP contribution in [-0.2, 0) is 20.7 Å². The lowest BCUT2D eigenvalue weighted by Gasteiger charge is -2.17. The number of hydrogen-bond donors (Lipinski definition) is 1. The zero-order valence-corrected chi connectivity index (χ0v) is 11.9. The van der Waals surface area contributed by atoms with Gasteiger partial charge < -0.3 is 14.8 Å². The molecule has 0 aliphatic heterocycles. The van der Waals surface area contributed by atoms with E-state index in [1.807, 2.05) is 0 Å². The van der Waals surface area contributed by atoms with Crippen molar-refractivity contribution in [3.8, 4) is 5.75 Å². The smallest absolute Gasteiger partial charge is 0.328 e. The number of methoxy groups -OCH3 is 2. The molecule has 114 valence electrons. The Balaban J connectivity index is 3.11. The summed E-state index contributed by atoms with van der Waals surface area (Å²) in [7, 11) is 2.61. The Morgan fingerprint density at radius 2 is 2.05 bits per heavy atom. The van der Waals surface area contributed by atoms with E-state index in [2.05, 4.69) is 10.1 Å². The van der Waals surface area contributed by atoms with Gasteiger partial charge in [-0.2, -0.15) is 0 Å². The molecule has 0 aromatic heterocycles. The largest absolute Gasteiger partial charge is 0.496 e. The highest BCUT2D eigenvalue weighted by Crippen LogP contribution is 2.25. The maximum atomic E-state index is 11.7. The first-order valence-corrected chi connectivity index (χ1v) is 6.05. The van der Waals surface area contributed by atoms with Gasteiger partial charge >= 0.3 is 5.97 Å². The van der Waals surface area contributed by atoms with Crippen molar-refractivity contribution in [1.82, 2.24) is 5.32 Å². The minimum absolute atomic E-state index is 0.0249. The first kappa shape index (κ1) is 16.4. The molecule has 0 spiro atoms. The average molecular weight is 296 g/mol. The molecule has 1 aromatic carbocycles. The lowest BCUT2D eigenvalue weighted by molar-refractivity contribution is -0.384. The van der Waals surface area contributed by atoms with Crippen LogP contribution < -0.4 is 10.1 Å². The number of ether oxygens (including phenoxy) is 2. The maximum absolute atomic E-state index is 11.7. The van der Waals surface area contributed by atoms with Crippen molar-refractivity contribution in [3.63, 3.8) is 0 Å². The summed E-state index contributed by atoms with van der Waals surface area (Å²) < 4.78 is 9.72. The van der Waals surface area contributed by atoms with Gasteiger partial charge in [-0.3, -0.25) is 14.9 Å². The predicted molar refractivity (Wildman–Crippen MR) is 73.0 cm³/mol. The van der Waals surface area contributed by atoms with Gasteiger partial charge in [-0.1, -0.05) is 0 Å². The summed E-state index contributed by atoms with van der Waals surface area (Å²) >= 11 is 0. The number of hydrogen-bond acceptors (Lipinski definition) is 6. The molecule has 1 atom stereocenters. The van der Waals surface area contributed by atoms with Crippen LogP contribution >= 0.6 is 0 Å². The Bertz CT molecular complexity index is 558. The second-order valence-electron chi connectivity index (χ2n) is 4.23. The van der Waals surface area contributed by atoms with Crippen LogP contribution in [-0.4, -0.2) is 37.1 Å². The molecular weight excluding hydrogens is 280 g/mol. The van der Waals surface area contributed by atoms with Crippen molar-refractivity contribution in [3.05, 3.63) is 33.9 Å². The molecule has 21 heavy (non-hydrogen) atoms. The molecule has 0 heterocycles. The number of nitrogens with zero attached hydrogens (tertiary/aromatic N) is 1. The number of rotatable bonds is 6. The quantitative estimate of drug-likeness (QED) is 0.473.